The van der Waals surface area contributed by atoms with Crippen molar-refractivity contribution in [2.24, 2.45) is 5.92 Å². The molecule has 1 aliphatic carbocycles. The highest BCUT2D eigenvalue weighted by atomic mass is 19.4. The van der Waals surface area contributed by atoms with Gasteiger partial charge in [-0.3, -0.25) is 0 Å². The monoisotopic (exact) mass is 179 g/mol. The Hall–Kier alpha value is -0.250. The smallest absolute Gasteiger partial charge is 0.311 e. The van der Waals surface area contributed by atoms with Crippen LogP contribution >= 0.6 is 0 Å². The van der Waals surface area contributed by atoms with Crippen molar-refractivity contribution in [2.75, 3.05) is 0 Å². The summed E-state index contributed by atoms with van der Waals surface area (Å²) in [6, 6.07) is 0.0890. The molecule has 1 nitrogen and oxygen atoms in total. The van der Waals surface area contributed by atoms with Gasteiger partial charge in [-0.05, 0) is 25.2 Å². The number of hydrogen-bond acceptors (Lipinski definition) is 1. The van der Waals surface area contributed by atoms with Crippen LogP contribution in [0.5, 0.6) is 0 Å². The highest BCUT2D eigenvalue weighted by Crippen LogP contribution is 2.39. The van der Waals surface area contributed by atoms with Crippen LogP contribution < -0.4 is 5.32 Å². The van der Waals surface area contributed by atoms with E-state index in [1.165, 1.54) is 0 Å². The zero-order valence-electron chi connectivity index (χ0n) is 6.69. The molecule has 2 rings (SSSR count). The van der Waals surface area contributed by atoms with E-state index < -0.39 is 12.6 Å². The number of piperidine rings is 1. The Bertz CT molecular complexity index is 178. The van der Waals surface area contributed by atoms with Gasteiger partial charge in [-0.15, -0.1) is 0 Å². The van der Waals surface area contributed by atoms with E-state index in [1.54, 1.807) is 0 Å². The van der Waals surface area contributed by atoms with Crippen molar-refractivity contribution >= 4 is 0 Å². The molecule has 0 spiro atoms. The quantitative estimate of drug-likeness (QED) is 0.649. The Morgan fingerprint density at radius 2 is 2.00 bits per heavy atom. The summed E-state index contributed by atoms with van der Waals surface area (Å²) in [4.78, 5) is 0. The number of alkyl halides is 3. The lowest BCUT2D eigenvalue weighted by atomic mass is 9.97. The number of fused-ring (bicyclic) bond motifs is 2. The topological polar surface area (TPSA) is 12.0 Å². The first-order valence-electron chi connectivity index (χ1n) is 4.37. The average molecular weight is 179 g/mol. The van der Waals surface area contributed by atoms with E-state index in [4.69, 9.17) is 0 Å². The summed E-state index contributed by atoms with van der Waals surface area (Å²) >= 11 is 0. The Balaban J connectivity index is 1.91. The van der Waals surface area contributed by atoms with Gasteiger partial charge in [0.15, 0.2) is 0 Å². The second-order valence-corrected chi connectivity index (χ2v) is 3.86. The standard InChI is InChI=1S/C8H12F3N/c9-8(10,11)4-7-5-1-2-6(3-5)12-7/h5-7,12H,1-4H2. The van der Waals surface area contributed by atoms with Gasteiger partial charge >= 0.3 is 6.18 Å². The van der Waals surface area contributed by atoms with Gasteiger partial charge in [0.1, 0.15) is 0 Å². The maximum atomic E-state index is 12.0. The van der Waals surface area contributed by atoms with Crippen LogP contribution in [0.4, 0.5) is 13.2 Å². The van der Waals surface area contributed by atoms with E-state index in [0.29, 0.717) is 6.04 Å². The summed E-state index contributed by atoms with van der Waals surface area (Å²) in [7, 11) is 0. The third kappa shape index (κ3) is 1.58. The number of nitrogens with one attached hydrogen (secondary N) is 1. The van der Waals surface area contributed by atoms with Crippen LogP contribution in [0.2, 0.25) is 0 Å². The fourth-order valence-electron chi connectivity index (χ4n) is 2.45. The molecule has 0 aromatic heterocycles. The molecule has 4 heteroatoms. The molecule has 1 heterocycles. The van der Waals surface area contributed by atoms with E-state index in [0.717, 1.165) is 19.3 Å². The molecule has 1 aliphatic heterocycles. The maximum Gasteiger partial charge on any atom is 0.390 e. The molecule has 1 saturated heterocycles. The molecule has 0 aromatic rings. The number of hydrogen-bond donors (Lipinski definition) is 1. The van der Waals surface area contributed by atoms with Crippen molar-refractivity contribution in [3.63, 3.8) is 0 Å². The molecule has 2 bridgehead atoms. The minimum Gasteiger partial charge on any atom is -0.311 e. The fourth-order valence-corrected chi connectivity index (χ4v) is 2.45. The van der Waals surface area contributed by atoms with E-state index in [2.05, 4.69) is 5.32 Å². The second-order valence-electron chi connectivity index (χ2n) is 3.86. The van der Waals surface area contributed by atoms with E-state index in [1.807, 2.05) is 0 Å². The largest absolute Gasteiger partial charge is 0.390 e. The number of halogens is 3. The van der Waals surface area contributed by atoms with Gasteiger partial charge in [0, 0.05) is 12.1 Å². The molecular formula is C8H12F3N. The van der Waals surface area contributed by atoms with Gasteiger partial charge in [0.2, 0.25) is 0 Å². The minimum atomic E-state index is -4.00. The molecule has 70 valence electrons. The third-order valence-electron chi connectivity index (χ3n) is 2.94. The van der Waals surface area contributed by atoms with Crippen molar-refractivity contribution in [1.82, 2.24) is 5.32 Å². The van der Waals surface area contributed by atoms with Gasteiger partial charge in [-0.25, -0.2) is 0 Å². The van der Waals surface area contributed by atoms with Gasteiger partial charge < -0.3 is 5.32 Å². The Morgan fingerprint density at radius 1 is 1.25 bits per heavy atom. The molecule has 1 saturated carbocycles. The second kappa shape index (κ2) is 2.62. The molecule has 2 fully saturated rings. The molecule has 0 aromatic carbocycles. The van der Waals surface area contributed by atoms with E-state index in [9.17, 15) is 13.2 Å². The molecule has 0 radical (unpaired) electrons. The first-order chi connectivity index (χ1) is 5.54. The number of rotatable bonds is 1. The Kier molecular flexibility index (Phi) is 1.82. The summed E-state index contributed by atoms with van der Waals surface area (Å²) in [6.45, 7) is 0. The molecule has 2 aliphatic rings. The molecule has 3 unspecified atom stereocenters. The van der Waals surface area contributed by atoms with Crippen molar-refractivity contribution in [3.05, 3.63) is 0 Å². The molecular weight excluding hydrogens is 167 g/mol. The first kappa shape index (κ1) is 8.35. The highest BCUT2D eigenvalue weighted by Gasteiger charge is 2.44. The molecule has 12 heavy (non-hydrogen) atoms. The van der Waals surface area contributed by atoms with Gasteiger partial charge in [-0.1, -0.05) is 0 Å². The zero-order chi connectivity index (χ0) is 8.77. The summed E-state index contributed by atoms with van der Waals surface area (Å²) in [5, 5.41) is 3.03. The molecule has 0 amide bonds. The Labute approximate surface area is 69.3 Å². The average Bonchev–Trinajstić information content (AvgIpc) is 2.42. The van der Waals surface area contributed by atoms with Crippen LogP contribution in [-0.4, -0.2) is 18.3 Å². The third-order valence-corrected chi connectivity index (χ3v) is 2.94. The zero-order valence-corrected chi connectivity index (χ0v) is 6.69. The maximum absolute atomic E-state index is 12.0. The van der Waals surface area contributed by atoms with Gasteiger partial charge in [0.25, 0.3) is 0 Å². The Morgan fingerprint density at radius 3 is 2.42 bits per heavy atom. The lowest BCUT2D eigenvalue weighted by Gasteiger charge is -2.23. The van der Waals surface area contributed by atoms with Crippen LogP contribution in [0, 0.1) is 5.92 Å². The van der Waals surface area contributed by atoms with Gasteiger partial charge in [-0.2, -0.15) is 13.2 Å². The first-order valence-corrected chi connectivity index (χ1v) is 4.37. The van der Waals surface area contributed by atoms with Crippen molar-refractivity contribution in [3.8, 4) is 0 Å². The van der Waals surface area contributed by atoms with Crippen LogP contribution in [0.15, 0.2) is 0 Å². The predicted molar refractivity (Wildman–Crippen MR) is 38.7 cm³/mol. The summed E-state index contributed by atoms with van der Waals surface area (Å²) < 4.78 is 36.0. The fraction of sp³-hybridized carbons (Fsp3) is 1.00. The van der Waals surface area contributed by atoms with Crippen molar-refractivity contribution < 1.29 is 13.2 Å². The van der Waals surface area contributed by atoms with Crippen molar-refractivity contribution in [2.45, 2.75) is 43.9 Å². The van der Waals surface area contributed by atoms with Crippen LogP contribution in [0.3, 0.4) is 0 Å². The summed E-state index contributed by atoms with van der Waals surface area (Å²) in [6.07, 6.45) is -1.63. The normalized spacial score (nSPS) is 40.8. The summed E-state index contributed by atoms with van der Waals surface area (Å²) in [5.74, 6) is 0.289. The van der Waals surface area contributed by atoms with E-state index in [-0.39, 0.29) is 12.0 Å². The lowest BCUT2D eigenvalue weighted by Crippen LogP contribution is -2.38. The molecule has 1 N–H and O–H groups in total. The van der Waals surface area contributed by atoms with Gasteiger partial charge in [0.05, 0.1) is 6.42 Å². The minimum absolute atomic E-state index is 0.288. The van der Waals surface area contributed by atoms with Crippen LogP contribution in [0.25, 0.3) is 0 Å². The lowest BCUT2D eigenvalue weighted by molar-refractivity contribution is -0.142. The SMILES string of the molecule is FC(F)(F)CC1NC2CCC1C2. The van der Waals surface area contributed by atoms with E-state index >= 15 is 0 Å². The van der Waals surface area contributed by atoms with Crippen LogP contribution in [-0.2, 0) is 0 Å². The van der Waals surface area contributed by atoms with Crippen LogP contribution in [0.1, 0.15) is 25.7 Å². The highest BCUT2D eigenvalue weighted by molar-refractivity contribution is 4.97. The molecule has 3 atom stereocenters. The van der Waals surface area contributed by atoms with Crippen molar-refractivity contribution in [1.29, 1.82) is 0 Å². The summed E-state index contributed by atoms with van der Waals surface area (Å²) in [5.41, 5.74) is 0. The predicted octanol–water partition coefficient (Wildman–Crippen LogP) is 2.08.